The Bertz CT molecular complexity index is 587. The highest BCUT2D eigenvalue weighted by molar-refractivity contribution is 5.98. The summed E-state index contributed by atoms with van der Waals surface area (Å²) >= 11 is 0. The minimum Gasteiger partial charge on any atom is -0.346 e. The van der Waals surface area contributed by atoms with E-state index in [9.17, 15) is 27.2 Å². The van der Waals surface area contributed by atoms with Gasteiger partial charge >= 0.3 is 6.18 Å². The Labute approximate surface area is 136 Å². The maximum atomic E-state index is 12.9. The third-order valence-electron chi connectivity index (χ3n) is 3.86. The van der Waals surface area contributed by atoms with Crippen molar-refractivity contribution >= 4 is 11.7 Å². The number of piperidine rings is 1. The van der Waals surface area contributed by atoms with Gasteiger partial charge < -0.3 is 5.32 Å². The van der Waals surface area contributed by atoms with E-state index >= 15 is 0 Å². The van der Waals surface area contributed by atoms with E-state index in [0.29, 0.717) is 31.5 Å². The number of amides is 1. The number of alkyl halides is 3. The summed E-state index contributed by atoms with van der Waals surface area (Å²) in [6, 6.07) is 5.23. The van der Waals surface area contributed by atoms with Gasteiger partial charge in [0.25, 0.3) is 0 Å². The first-order chi connectivity index (χ1) is 11.2. The lowest BCUT2D eigenvalue weighted by Crippen LogP contribution is -2.45. The lowest BCUT2D eigenvalue weighted by molar-refractivity contribution is -0.139. The molecule has 1 aromatic rings. The summed E-state index contributed by atoms with van der Waals surface area (Å²) in [6.45, 7) is -0.691. The van der Waals surface area contributed by atoms with Crippen molar-refractivity contribution in [2.75, 3.05) is 26.2 Å². The molecule has 0 spiro atoms. The van der Waals surface area contributed by atoms with Crippen LogP contribution in [0.2, 0.25) is 0 Å². The van der Waals surface area contributed by atoms with E-state index in [1.807, 2.05) is 5.32 Å². The second-order valence-corrected chi connectivity index (χ2v) is 5.84. The molecule has 1 saturated heterocycles. The largest absolute Gasteiger partial charge is 0.405 e. The highest BCUT2D eigenvalue weighted by atomic mass is 19.4. The second-order valence-electron chi connectivity index (χ2n) is 5.84. The number of halogens is 4. The Morgan fingerprint density at radius 1 is 1.21 bits per heavy atom. The number of carbonyl (C=O) groups is 2. The van der Waals surface area contributed by atoms with Crippen LogP contribution in [0.4, 0.5) is 17.6 Å². The molecule has 1 amide bonds. The van der Waals surface area contributed by atoms with Crippen LogP contribution in [0.1, 0.15) is 23.2 Å². The predicted octanol–water partition coefficient (Wildman–Crippen LogP) is 2.40. The van der Waals surface area contributed by atoms with Gasteiger partial charge in [-0.1, -0.05) is 0 Å². The van der Waals surface area contributed by atoms with Crippen molar-refractivity contribution in [1.29, 1.82) is 0 Å². The zero-order chi connectivity index (χ0) is 17.7. The summed E-state index contributed by atoms with van der Waals surface area (Å²) in [5, 5.41) is 1.82. The van der Waals surface area contributed by atoms with Crippen molar-refractivity contribution in [2.45, 2.75) is 19.0 Å². The molecule has 132 valence electrons. The molecular formula is C16H18F4N2O2. The predicted molar refractivity (Wildman–Crippen MR) is 79.0 cm³/mol. The van der Waals surface area contributed by atoms with Crippen molar-refractivity contribution in [2.24, 2.45) is 5.92 Å². The average Bonchev–Trinajstić information content (AvgIpc) is 2.53. The van der Waals surface area contributed by atoms with Crippen molar-refractivity contribution in [1.82, 2.24) is 10.2 Å². The lowest BCUT2D eigenvalue weighted by Gasteiger charge is -2.31. The molecule has 1 fully saturated rings. The number of nitrogens with zero attached hydrogens (tertiary/aromatic N) is 1. The molecule has 0 bridgehead atoms. The monoisotopic (exact) mass is 346 g/mol. The quantitative estimate of drug-likeness (QED) is 0.658. The molecule has 0 radical (unpaired) electrons. The molecule has 1 atom stereocenters. The molecule has 0 aliphatic carbocycles. The third kappa shape index (κ3) is 5.59. The van der Waals surface area contributed by atoms with Crippen molar-refractivity contribution in [3.63, 3.8) is 0 Å². The molecule has 1 aliphatic heterocycles. The minimum absolute atomic E-state index is 0.143. The molecule has 1 heterocycles. The van der Waals surface area contributed by atoms with Crippen LogP contribution in [0.5, 0.6) is 0 Å². The number of Topliss-reactive ketones (excluding diaryl/α,β-unsaturated/α-hetero) is 1. The standard InChI is InChI=1S/C16H18F4N2O2/c17-13-5-3-11(4-6-13)15(24)12-2-1-7-22(8-12)9-14(23)21-10-16(18,19)20/h3-6,12H,1-2,7-10H2,(H,21,23)/t12-/m0/s1. The number of rotatable bonds is 5. The highest BCUT2D eigenvalue weighted by Gasteiger charge is 2.30. The van der Waals surface area contributed by atoms with Crippen LogP contribution < -0.4 is 5.32 Å². The Morgan fingerprint density at radius 2 is 1.88 bits per heavy atom. The van der Waals surface area contributed by atoms with Gasteiger partial charge in [0.05, 0.1) is 6.54 Å². The van der Waals surface area contributed by atoms with Crippen LogP contribution in [-0.4, -0.2) is 48.9 Å². The van der Waals surface area contributed by atoms with Gasteiger partial charge in [-0.25, -0.2) is 4.39 Å². The van der Waals surface area contributed by atoms with Crippen LogP contribution in [-0.2, 0) is 4.79 Å². The van der Waals surface area contributed by atoms with Crippen molar-refractivity contribution < 1.29 is 27.2 Å². The zero-order valence-electron chi connectivity index (χ0n) is 12.9. The Hall–Kier alpha value is -1.96. The molecule has 0 unspecified atom stereocenters. The minimum atomic E-state index is -4.45. The molecule has 2 rings (SSSR count). The van der Waals surface area contributed by atoms with Crippen molar-refractivity contribution in [3.05, 3.63) is 35.6 Å². The summed E-state index contributed by atoms with van der Waals surface area (Å²) in [4.78, 5) is 25.6. The summed E-state index contributed by atoms with van der Waals surface area (Å²) in [5.74, 6) is -1.64. The summed E-state index contributed by atoms with van der Waals surface area (Å²) < 4.78 is 49.1. The number of nitrogens with one attached hydrogen (secondary N) is 1. The van der Waals surface area contributed by atoms with Gasteiger partial charge in [0.2, 0.25) is 5.91 Å². The Kier molecular flexibility index (Phi) is 5.93. The molecule has 1 aliphatic rings. The van der Waals surface area contributed by atoms with Crippen LogP contribution >= 0.6 is 0 Å². The van der Waals surface area contributed by atoms with Gasteiger partial charge in [-0.15, -0.1) is 0 Å². The molecule has 0 saturated carbocycles. The first-order valence-electron chi connectivity index (χ1n) is 7.60. The Balaban J connectivity index is 1.88. The molecular weight excluding hydrogens is 328 g/mol. The topological polar surface area (TPSA) is 49.4 Å². The molecule has 1 N–H and O–H groups in total. The van der Waals surface area contributed by atoms with Gasteiger partial charge in [0.15, 0.2) is 5.78 Å². The van der Waals surface area contributed by atoms with Gasteiger partial charge in [-0.3, -0.25) is 14.5 Å². The first-order valence-corrected chi connectivity index (χ1v) is 7.60. The maximum Gasteiger partial charge on any atom is 0.405 e. The second kappa shape index (κ2) is 7.74. The van der Waals surface area contributed by atoms with Crippen LogP contribution in [0.15, 0.2) is 24.3 Å². The van der Waals surface area contributed by atoms with E-state index in [1.54, 1.807) is 4.90 Å². The number of hydrogen-bond acceptors (Lipinski definition) is 3. The summed E-state index contributed by atoms with van der Waals surface area (Å²) in [7, 11) is 0. The van der Waals surface area contributed by atoms with Gasteiger partial charge in [-0.05, 0) is 43.7 Å². The number of carbonyl (C=O) groups excluding carboxylic acids is 2. The SMILES string of the molecule is O=C(CN1CCC[C@H](C(=O)c2ccc(F)cc2)C1)NCC(F)(F)F. The molecule has 24 heavy (non-hydrogen) atoms. The average molecular weight is 346 g/mol. The summed E-state index contributed by atoms with van der Waals surface area (Å²) in [6.07, 6.45) is -3.14. The highest BCUT2D eigenvalue weighted by Crippen LogP contribution is 2.21. The molecule has 8 heteroatoms. The fourth-order valence-corrected chi connectivity index (χ4v) is 2.72. The van der Waals surface area contributed by atoms with E-state index in [1.165, 1.54) is 24.3 Å². The van der Waals surface area contributed by atoms with Gasteiger partial charge in [0, 0.05) is 18.0 Å². The van der Waals surface area contributed by atoms with E-state index in [2.05, 4.69) is 0 Å². The fourth-order valence-electron chi connectivity index (χ4n) is 2.72. The lowest BCUT2D eigenvalue weighted by atomic mass is 9.90. The summed E-state index contributed by atoms with van der Waals surface area (Å²) in [5.41, 5.74) is 0.393. The van der Waals surface area contributed by atoms with E-state index in [0.717, 1.165) is 0 Å². The van der Waals surface area contributed by atoms with E-state index in [4.69, 9.17) is 0 Å². The number of hydrogen-bond donors (Lipinski definition) is 1. The molecule has 0 aromatic heterocycles. The third-order valence-corrected chi connectivity index (χ3v) is 3.86. The maximum absolute atomic E-state index is 12.9. The van der Waals surface area contributed by atoms with Gasteiger partial charge in [-0.2, -0.15) is 13.2 Å². The first kappa shape index (κ1) is 18.4. The molecule has 4 nitrogen and oxygen atoms in total. The van der Waals surface area contributed by atoms with Crippen molar-refractivity contribution in [3.8, 4) is 0 Å². The number of likely N-dealkylation sites (tertiary alicyclic amines) is 1. The normalized spacial score (nSPS) is 19.1. The number of benzene rings is 1. The zero-order valence-corrected chi connectivity index (χ0v) is 12.9. The Morgan fingerprint density at radius 3 is 2.50 bits per heavy atom. The van der Waals surface area contributed by atoms with Gasteiger partial charge in [0.1, 0.15) is 12.4 Å². The van der Waals surface area contributed by atoms with Crippen LogP contribution in [0.3, 0.4) is 0 Å². The number of ketones is 1. The van der Waals surface area contributed by atoms with E-state index in [-0.39, 0.29) is 18.2 Å². The van der Waals surface area contributed by atoms with E-state index < -0.39 is 24.4 Å². The fraction of sp³-hybridized carbons (Fsp3) is 0.500. The van der Waals surface area contributed by atoms with Crippen LogP contribution in [0.25, 0.3) is 0 Å². The van der Waals surface area contributed by atoms with Crippen LogP contribution in [0, 0.1) is 11.7 Å². The smallest absolute Gasteiger partial charge is 0.346 e. The molecule has 1 aromatic carbocycles.